The van der Waals surface area contributed by atoms with Gasteiger partial charge in [-0.05, 0) is 42.0 Å². The molecule has 0 amide bonds. The fourth-order valence-corrected chi connectivity index (χ4v) is 3.60. The number of ketones is 1. The van der Waals surface area contributed by atoms with Crippen molar-refractivity contribution in [2.24, 2.45) is 0 Å². The molecule has 5 heteroatoms. The summed E-state index contributed by atoms with van der Waals surface area (Å²) in [5.74, 6) is 1.74. The Balaban J connectivity index is 1.42. The van der Waals surface area contributed by atoms with Gasteiger partial charge in [-0.2, -0.15) is 0 Å². The van der Waals surface area contributed by atoms with Crippen LogP contribution in [0.5, 0.6) is 5.75 Å². The number of ether oxygens (including phenoxy) is 1. The van der Waals surface area contributed by atoms with Crippen LogP contribution in [0.4, 0.5) is 5.95 Å². The monoisotopic (exact) mass is 373 g/mol. The third-order valence-corrected chi connectivity index (χ3v) is 5.17. The predicted octanol–water partition coefficient (Wildman–Crippen LogP) is 4.05. The first kappa shape index (κ1) is 18.2. The second kappa shape index (κ2) is 8.21. The molecular formula is C23H23N3O2. The number of carbonyl (C=O) groups excluding carboxylic acids is 1. The van der Waals surface area contributed by atoms with Gasteiger partial charge in [-0.25, -0.2) is 9.97 Å². The standard InChI is InChI=1S/C23H23N3O2/c1-28-19-9-7-16(8-10-19)11-12-24-23-25-15-20-21(26-23)13-18(14-22(20)27)17-5-3-2-4-6-17/h2-10,15,18H,11-14H2,1H3,(H,24,25,26)/t18-/m0/s1. The van der Waals surface area contributed by atoms with Crippen molar-refractivity contribution < 1.29 is 9.53 Å². The zero-order chi connectivity index (χ0) is 19.3. The van der Waals surface area contributed by atoms with Crippen molar-refractivity contribution in [1.82, 2.24) is 9.97 Å². The van der Waals surface area contributed by atoms with Gasteiger partial charge < -0.3 is 10.1 Å². The Morgan fingerprint density at radius 2 is 1.86 bits per heavy atom. The number of methoxy groups -OCH3 is 1. The summed E-state index contributed by atoms with van der Waals surface area (Å²) in [5.41, 5.74) is 3.90. The normalized spacial score (nSPS) is 15.8. The maximum absolute atomic E-state index is 12.5. The fourth-order valence-electron chi connectivity index (χ4n) is 3.60. The van der Waals surface area contributed by atoms with Crippen molar-refractivity contribution in [3.8, 4) is 5.75 Å². The lowest BCUT2D eigenvalue weighted by Gasteiger charge is -2.23. The van der Waals surface area contributed by atoms with Gasteiger partial charge in [0, 0.05) is 19.2 Å². The Morgan fingerprint density at radius 3 is 2.61 bits per heavy atom. The molecular weight excluding hydrogens is 350 g/mol. The fraction of sp³-hybridized carbons (Fsp3) is 0.261. The van der Waals surface area contributed by atoms with Gasteiger partial charge in [0.2, 0.25) is 5.95 Å². The van der Waals surface area contributed by atoms with E-state index in [4.69, 9.17) is 4.74 Å². The van der Waals surface area contributed by atoms with Gasteiger partial charge in [0.1, 0.15) is 5.75 Å². The Bertz CT molecular complexity index is 955. The first-order chi connectivity index (χ1) is 13.7. The van der Waals surface area contributed by atoms with Crippen molar-refractivity contribution in [2.75, 3.05) is 19.0 Å². The van der Waals surface area contributed by atoms with E-state index in [0.29, 0.717) is 17.9 Å². The Kier molecular flexibility index (Phi) is 5.33. The zero-order valence-corrected chi connectivity index (χ0v) is 15.9. The number of nitrogens with one attached hydrogen (secondary N) is 1. The summed E-state index contributed by atoms with van der Waals surface area (Å²) in [5, 5.41) is 3.28. The van der Waals surface area contributed by atoms with Gasteiger partial charge in [-0.1, -0.05) is 42.5 Å². The number of hydrogen-bond acceptors (Lipinski definition) is 5. The van der Waals surface area contributed by atoms with Crippen LogP contribution in [-0.2, 0) is 12.8 Å². The molecule has 0 bridgehead atoms. The van der Waals surface area contributed by atoms with Crippen LogP contribution in [0.3, 0.4) is 0 Å². The molecule has 0 unspecified atom stereocenters. The predicted molar refractivity (Wildman–Crippen MR) is 109 cm³/mol. The van der Waals surface area contributed by atoms with E-state index in [9.17, 15) is 4.79 Å². The molecule has 1 aliphatic rings. The second-order valence-electron chi connectivity index (χ2n) is 7.02. The van der Waals surface area contributed by atoms with E-state index in [-0.39, 0.29) is 11.7 Å². The van der Waals surface area contributed by atoms with Crippen LogP contribution in [0, 0.1) is 0 Å². The molecule has 142 valence electrons. The summed E-state index contributed by atoms with van der Waals surface area (Å²) < 4.78 is 5.18. The minimum atomic E-state index is 0.125. The lowest BCUT2D eigenvalue weighted by Crippen LogP contribution is -2.21. The van der Waals surface area contributed by atoms with Crippen LogP contribution in [0.1, 0.15) is 39.5 Å². The number of Topliss-reactive ketones (excluding diaryl/α,β-unsaturated/α-hetero) is 1. The van der Waals surface area contributed by atoms with E-state index in [1.165, 1.54) is 11.1 Å². The van der Waals surface area contributed by atoms with E-state index >= 15 is 0 Å². The van der Waals surface area contributed by atoms with E-state index in [0.717, 1.165) is 30.8 Å². The van der Waals surface area contributed by atoms with Crippen molar-refractivity contribution >= 4 is 11.7 Å². The van der Waals surface area contributed by atoms with E-state index in [2.05, 4.69) is 39.6 Å². The molecule has 1 heterocycles. The Morgan fingerprint density at radius 1 is 1.07 bits per heavy atom. The van der Waals surface area contributed by atoms with Crippen molar-refractivity contribution in [2.45, 2.75) is 25.2 Å². The van der Waals surface area contributed by atoms with Crippen LogP contribution < -0.4 is 10.1 Å². The number of aromatic nitrogens is 2. The number of hydrogen-bond donors (Lipinski definition) is 1. The van der Waals surface area contributed by atoms with Crippen LogP contribution in [0.25, 0.3) is 0 Å². The molecule has 0 saturated heterocycles. The van der Waals surface area contributed by atoms with E-state index in [1.54, 1.807) is 13.3 Å². The zero-order valence-electron chi connectivity index (χ0n) is 15.9. The van der Waals surface area contributed by atoms with Crippen LogP contribution in [0.2, 0.25) is 0 Å². The smallest absolute Gasteiger partial charge is 0.222 e. The number of anilines is 1. The van der Waals surface area contributed by atoms with Crippen molar-refractivity contribution in [3.05, 3.63) is 83.2 Å². The molecule has 3 aromatic rings. The molecule has 28 heavy (non-hydrogen) atoms. The largest absolute Gasteiger partial charge is 0.497 e. The highest BCUT2D eigenvalue weighted by Crippen LogP contribution is 2.31. The number of benzene rings is 2. The Hall–Kier alpha value is -3.21. The summed E-state index contributed by atoms with van der Waals surface area (Å²) >= 11 is 0. The lowest BCUT2D eigenvalue weighted by atomic mass is 9.82. The third-order valence-electron chi connectivity index (χ3n) is 5.17. The molecule has 5 nitrogen and oxygen atoms in total. The average Bonchev–Trinajstić information content (AvgIpc) is 2.74. The quantitative estimate of drug-likeness (QED) is 0.706. The maximum atomic E-state index is 12.5. The van der Waals surface area contributed by atoms with Crippen LogP contribution in [0.15, 0.2) is 60.8 Å². The first-order valence-electron chi connectivity index (χ1n) is 9.54. The van der Waals surface area contributed by atoms with Gasteiger partial charge in [-0.15, -0.1) is 0 Å². The van der Waals surface area contributed by atoms with Gasteiger partial charge in [0.15, 0.2) is 5.78 Å². The number of fused-ring (bicyclic) bond motifs is 1. The number of carbonyl (C=O) groups is 1. The summed E-state index contributed by atoms with van der Waals surface area (Å²) in [6.07, 6.45) is 3.81. The van der Waals surface area contributed by atoms with Crippen molar-refractivity contribution in [3.63, 3.8) is 0 Å². The molecule has 2 aromatic carbocycles. The van der Waals surface area contributed by atoms with Gasteiger partial charge in [0.25, 0.3) is 0 Å². The third kappa shape index (κ3) is 4.03. The molecule has 1 aliphatic carbocycles. The lowest BCUT2D eigenvalue weighted by molar-refractivity contribution is 0.0962. The molecule has 0 spiro atoms. The topological polar surface area (TPSA) is 64.1 Å². The summed E-state index contributed by atoms with van der Waals surface area (Å²) in [4.78, 5) is 21.5. The minimum Gasteiger partial charge on any atom is -0.497 e. The molecule has 0 saturated carbocycles. The molecule has 4 rings (SSSR count). The highest BCUT2D eigenvalue weighted by atomic mass is 16.5. The average molecular weight is 373 g/mol. The first-order valence-corrected chi connectivity index (χ1v) is 9.54. The van der Waals surface area contributed by atoms with Gasteiger partial charge in [-0.3, -0.25) is 4.79 Å². The number of nitrogens with zero attached hydrogens (tertiary/aromatic N) is 2. The molecule has 1 aromatic heterocycles. The highest BCUT2D eigenvalue weighted by Gasteiger charge is 2.27. The highest BCUT2D eigenvalue weighted by molar-refractivity contribution is 5.98. The molecule has 1 N–H and O–H groups in total. The Labute approximate surface area is 164 Å². The molecule has 0 radical (unpaired) electrons. The van der Waals surface area contributed by atoms with E-state index in [1.807, 2.05) is 30.3 Å². The second-order valence-corrected chi connectivity index (χ2v) is 7.02. The van der Waals surface area contributed by atoms with Gasteiger partial charge >= 0.3 is 0 Å². The summed E-state index contributed by atoms with van der Waals surface area (Å²) in [6, 6.07) is 18.2. The molecule has 0 aliphatic heterocycles. The van der Waals surface area contributed by atoms with E-state index < -0.39 is 0 Å². The minimum absolute atomic E-state index is 0.125. The molecule has 1 atom stereocenters. The van der Waals surface area contributed by atoms with Crippen LogP contribution in [-0.4, -0.2) is 29.4 Å². The number of rotatable bonds is 6. The molecule has 0 fully saturated rings. The summed E-state index contributed by atoms with van der Waals surface area (Å²) in [7, 11) is 1.66. The van der Waals surface area contributed by atoms with Gasteiger partial charge in [0.05, 0.1) is 18.4 Å². The van der Waals surface area contributed by atoms with Crippen molar-refractivity contribution in [1.29, 1.82) is 0 Å². The SMILES string of the molecule is COc1ccc(CCNc2ncc3c(n2)C[C@H](c2ccccc2)CC3=O)cc1. The van der Waals surface area contributed by atoms with Crippen LogP contribution >= 0.6 is 0 Å². The maximum Gasteiger partial charge on any atom is 0.222 e. The summed E-state index contributed by atoms with van der Waals surface area (Å²) in [6.45, 7) is 0.723.